The minimum atomic E-state index is -0.187. The van der Waals surface area contributed by atoms with E-state index in [1.807, 2.05) is 0 Å². The largest absolute Gasteiger partial charge is 0.281 e. The summed E-state index contributed by atoms with van der Waals surface area (Å²) in [5.41, 5.74) is 0. The van der Waals surface area contributed by atoms with Crippen LogP contribution in [0.1, 0.15) is 103 Å². The molecular formula is C19H35ClO. The first-order chi connectivity index (χ1) is 10.3. The molecule has 21 heavy (non-hydrogen) atoms. The van der Waals surface area contributed by atoms with Gasteiger partial charge >= 0.3 is 0 Å². The number of halogens is 1. The standard InChI is InChI=1S/C19H35ClO/c1-2-3-4-5-6-7-8-9-10-11-12-13-14-15-16-17-18-19(20)21/h7-8H,2-6,9-18H2,1H3/b8-7+. The summed E-state index contributed by atoms with van der Waals surface area (Å²) in [4.78, 5) is 10.6. The van der Waals surface area contributed by atoms with Crippen LogP contribution in [0.4, 0.5) is 0 Å². The lowest BCUT2D eigenvalue weighted by atomic mass is 10.1. The molecule has 0 aliphatic carbocycles. The minimum absolute atomic E-state index is 0.187. The van der Waals surface area contributed by atoms with Gasteiger partial charge in [0.15, 0.2) is 0 Å². The van der Waals surface area contributed by atoms with Crippen LogP contribution in [0.5, 0.6) is 0 Å². The van der Waals surface area contributed by atoms with Crippen molar-refractivity contribution in [3.63, 3.8) is 0 Å². The highest BCUT2D eigenvalue weighted by Crippen LogP contribution is 2.11. The van der Waals surface area contributed by atoms with Gasteiger partial charge in [0.2, 0.25) is 5.24 Å². The zero-order valence-corrected chi connectivity index (χ0v) is 14.8. The van der Waals surface area contributed by atoms with Crippen molar-refractivity contribution in [2.45, 2.75) is 103 Å². The van der Waals surface area contributed by atoms with Crippen LogP contribution in [-0.4, -0.2) is 5.24 Å². The molecule has 1 nitrogen and oxygen atoms in total. The zero-order chi connectivity index (χ0) is 15.6. The van der Waals surface area contributed by atoms with Crippen molar-refractivity contribution >= 4 is 16.8 Å². The fourth-order valence-electron chi connectivity index (χ4n) is 2.51. The van der Waals surface area contributed by atoms with Gasteiger partial charge in [-0.2, -0.15) is 0 Å². The first kappa shape index (κ1) is 20.7. The molecule has 0 aromatic heterocycles. The summed E-state index contributed by atoms with van der Waals surface area (Å²) < 4.78 is 0. The van der Waals surface area contributed by atoms with E-state index in [1.54, 1.807) is 0 Å². The number of carbonyl (C=O) groups is 1. The third-order valence-corrected chi connectivity index (χ3v) is 4.07. The van der Waals surface area contributed by atoms with Gasteiger partial charge in [-0.3, -0.25) is 4.79 Å². The van der Waals surface area contributed by atoms with E-state index in [1.165, 1.54) is 77.0 Å². The number of rotatable bonds is 16. The summed E-state index contributed by atoms with van der Waals surface area (Å²) in [6.07, 6.45) is 23.4. The Hall–Kier alpha value is -0.300. The Balaban J connectivity index is 3.05. The number of carbonyl (C=O) groups excluding carboxylic acids is 1. The molecule has 0 atom stereocenters. The average molecular weight is 315 g/mol. The van der Waals surface area contributed by atoms with E-state index in [9.17, 15) is 4.79 Å². The Morgan fingerprint density at radius 2 is 1.14 bits per heavy atom. The van der Waals surface area contributed by atoms with Gasteiger partial charge in [0.25, 0.3) is 0 Å². The molecule has 124 valence electrons. The molecule has 0 aliphatic heterocycles. The van der Waals surface area contributed by atoms with Gasteiger partial charge in [-0.05, 0) is 43.7 Å². The van der Waals surface area contributed by atoms with Crippen molar-refractivity contribution in [2.75, 3.05) is 0 Å². The summed E-state index contributed by atoms with van der Waals surface area (Å²) in [6, 6.07) is 0. The number of hydrogen-bond donors (Lipinski definition) is 0. The van der Waals surface area contributed by atoms with Crippen LogP contribution in [0.2, 0.25) is 0 Å². The molecule has 0 aliphatic rings. The van der Waals surface area contributed by atoms with Crippen molar-refractivity contribution in [1.82, 2.24) is 0 Å². The Labute approximate surface area is 137 Å². The third-order valence-electron chi connectivity index (χ3n) is 3.89. The highest BCUT2D eigenvalue weighted by Gasteiger charge is 1.96. The lowest BCUT2D eigenvalue weighted by molar-refractivity contribution is -0.111. The minimum Gasteiger partial charge on any atom is -0.281 e. The third kappa shape index (κ3) is 19.7. The quantitative estimate of drug-likeness (QED) is 0.167. The fraction of sp³-hybridized carbons (Fsp3) is 0.842. The SMILES string of the molecule is CCCCCC/C=C/CCCCCCCCCCC(=O)Cl. The smallest absolute Gasteiger partial charge is 0.221 e. The molecule has 0 fully saturated rings. The van der Waals surface area contributed by atoms with Crippen molar-refractivity contribution in [3.8, 4) is 0 Å². The lowest BCUT2D eigenvalue weighted by Gasteiger charge is -2.00. The summed E-state index contributed by atoms with van der Waals surface area (Å²) in [5.74, 6) is 0. The Bertz CT molecular complexity index is 248. The van der Waals surface area contributed by atoms with Crippen LogP contribution in [-0.2, 0) is 4.79 Å². The molecule has 0 radical (unpaired) electrons. The van der Waals surface area contributed by atoms with E-state index in [-0.39, 0.29) is 5.24 Å². The predicted octanol–water partition coefficient (Wildman–Crippen LogP) is 7.18. The molecule has 0 saturated carbocycles. The van der Waals surface area contributed by atoms with Gasteiger partial charge in [-0.25, -0.2) is 0 Å². The van der Waals surface area contributed by atoms with E-state index in [2.05, 4.69) is 19.1 Å². The molecule has 0 bridgehead atoms. The van der Waals surface area contributed by atoms with E-state index in [0.717, 1.165) is 12.8 Å². The molecule has 0 aromatic carbocycles. The van der Waals surface area contributed by atoms with Crippen molar-refractivity contribution < 1.29 is 4.79 Å². The normalized spacial score (nSPS) is 11.3. The fourth-order valence-corrected chi connectivity index (χ4v) is 2.65. The van der Waals surface area contributed by atoms with Crippen LogP contribution in [0, 0.1) is 0 Å². The molecule has 0 amide bonds. The van der Waals surface area contributed by atoms with Gasteiger partial charge < -0.3 is 0 Å². The van der Waals surface area contributed by atoms with Gasteiger partial charge in [0, 0.05) is 6.42 Å². The van der Waals surface area contributed by atoms with E-state index in [4.69, 9.17) is 11.6 Å². The average Bonchev–Trinajstić information content (AvgIpc) is 2.46. The van der Waals surface area contributed by atoms with Crippen molar-refractivity contribution in [1.29, 1.82) is 0 Å². The Kier molecular flexibility index (Phi) is 17.5. The van der Waals surface area contributed by atoms with Gasteiger partial charge in [-0.15, -0.1) is 0 Å². The molecule has 0 aromatic rings. The second kappa shape index (κ2) is 17.8. The summed E-state index contributed by atoms with van der Waals surface area (Å²) in [5, 5.41) is -0.187. The summed E-state index contributed by atoms with van der Waals surface area (Å²) in [6.45, 7) is 2.26. The highest BCUT2D eigenvalue weighted by atomic mass is 35.5. The molecular weight excluding hydrogens is 280 g/mol. The topological polar surface area (TPSA) is 17.1 Å². The maximum atomic E-state index is 10.6. The van der Waals surface area contributed by atoms with E-state index >= 15 is 0 Å². The van der Waals surface area contributed by atoms with Gasteiger partial charge in [0.1, 0.15) is 0 Å². The molecule has 0 heterocycles. The number of allylic oxidation sites excluding steroid dienone is 2. The van der Waals surface area contributed by atoms with Crippen LogP contribution in [0.3, 0.4) is 0 Å². The summed E-state index contributed by atoms with van der Waals surface area (Å²) >= 11 is 5.30. The second-order valence-corrected chi connectivity index (χ2v) is 6.46. The van der Waals surface area contributed by atoms with Crippen LogP contribution < -0.4 is 0 Å². The molecule has 0 spiro atoms. The number of hydrogen-bond acceptors (Lipinski definition) is 1. The zero-order valence-electron chi connectivity index (χ0n) is 14.0. The monoisotopic (exact) mass is 314 g/mol. The van der Waals surface area contributed by atoms with Crippen LogP contribution in [0.15, 0.2) is 12.2 Å². The maximum Gasteiger partial charge on any atom is 0.221 e. The predicted molar refractivity (Wildman–Crippen MR) is 94.9 cm³/mol. The van der Waals surface area contributed by atoms with Crippen LogP contribution >= 0.6 is 11.6 Å². The molecule has 0 N–H and O–H groups in total. The second-order valence-electron chi connectivity index (χ2n) is 6.04. The molecule has 0 saturated heterocycles. The molecule has 0 unspecified atom stereocenters. The van der Waals surface area contributed by atoms with E-state index in [0.29, 0.717) is 6.42 Å². The lowest BCUT2D eigenvalue weighted by Crippen LogP contribution is -1.86. The molecule has 2 heteroatoms. The van der Waals surface area contributed by atoms with E-state index < -0.39 is 0 Å². The molecule has 0 rings (SSSR count). The first-order valence-electron chi connectivity index (χ1n) is 9.10. The van der Waals surface area contributed by atoms with Crippen molar-refractivity contribution in [3.05, 3.63) is 12.2 Å². The Morgan fingerprint density at radius 3 is 1.62 bits per heavy atom. The van der Waals surface area contributed by atoms with Gasteiger partial charge in [-0.1, -0.05) is 76.9 Å². The highest BCUT2D eigenvalue weighted by molar-refractivity contribution is 6.63. The first-order valence-corrected chi connectivity index (χ1v) is 9.48. The van der Waals surface area contributed by atoms with Crippen LogP contribution in [0.25, 0.3) is 0 Å². The maximum absolute atomic E-state index is 10.6. The number of unbranched alkanes of at least 4 members (excludes halogenated alkanes) is 12. The summed E-state index contributed by atoms with van der Waals surface area (Å²) in [7, 11) is 0. The Morgan fingerprint density at radius 1 is 0.714 bits per heavy atom. The van der Waals surface area contributed by atoms with Crippen molar-refractivity contribution in [2.24, 2.45) is 0 Å². The van der Waals surface area contributed by atoms with Gasteiger partial charge in [0.05, 0.1) is 0 Å².